The van der Waals surface area contributed by atoms with Crippen LogP contribution in [0.15, 0.2) is 35.0 Å². The third-order valence-electron chi connectivity index (χ3n) is 2.31. The lowest BCUT2D eigenvalue weighted by Gasteiger charge is -2.17. The van der Waals surface area contributed by atoms with Crippen LogP contribution >= 0.6 is 45.5 Å². The van der Waals surface area contributed by atoms with Crippen LogP contribution in [0, 0.1) is 3.57 Å². The van der Waals surface area contributed by atoms with Gasteiger partial charge in [0.05, 0.1) is 6.04 Å². The largest absolute Gasteiger partial charge is 0.271 e. The first kappa shape index (κ1) is 12.3. The maximum absolute atomic E-state index is 6.01. The number of hydrogen-bond acceptors (Lipinski definition) is 3. The molecule has 0 spiro atoms. The average Bonchev–Trinajstić information content (AvgIpc) is 2.78. The molecule has 0 radical (unpaired) electrons. The Kier molecular flexibility index (Phi) is 4.21. The number of halogens is 2. The second kappa shape index (κ2) is 5.46. The molecule has 0 aliphatic heterocycles. The first-order chi connectivity index (χ1) is 7.72. The summed E-state index contributed by atoms with van der Waals surface area (Å²) in [4.78, 5) is 0. The van der Waals surface area contributed by atoms with Crippen molar-refractivity contribution >= 4 is 45.5 Å². The molecule has 3 N–H and O–H groups in total. The predicted octanol–water partition coefficient (Wildman–Crippen LogP) is 3.56. The average molecular weight is 365 g/mol. The molecule has 0 aliphatic rings. The minimum Gasteiger partial charge on any atom is -0.271 e. The molecule has 0 fully saturated rings. The molecule has 84 valence electrons. The van der Waals surface area contributed by atoms with Crippen LogP contribution in [0.4, 0.5) is 0 Å². The van der Waals surface area contributed by atoms with Crippen molar-refractivity contribution in [2.45, 2.75) is 6.04 Å². The summed E-state index contributed by atoms with van der Waals surface area (Å²) in [5.41, 5.74) is 5.10. The summed E-state index contributed by atoms with van der Waals surface area (Å²) in [6.07, 6.45) is 0. The molecule has 2 nitrogen and oxygen atoms in total. The summed E-state index contributed by atoms with van der Waals surface area (Å²) < 4.78 is 1.15. The molecule has 16 heavy (non-hydrogen) atoms. The third-order valence-corrected chi connectivity index (χ3v) is 4.23. The third kappa shape index (κ3) is 2.57. The second-order valence-electron chi connectivity index (χ2n) is 3.32. The molecule has 1 aromatic heterocycles. The van der Waals surface area contributed by atoms with E-state index in [4.69, 9.17) is 17.4 Å². The highest BCUT2D eigenvalue weighted by Gasteiger charge is 2.15. The summed E-state index contributed by atoms with van der Waals surface area (Å²) in [6, 6.07) is 7.89. The van der Waals surface area contributed by atoms with Gasteiger partial charge in [-0.15, -0.1) is 0 Å². The normalized spacial score (nSPS) is 12.7. The van der Waals surface area contributed by atoms with Crippen molar-refractivity contribution in [2.75, 3.05) is 0 Å². The van der Waals surface area contributed by atoms with Crippen LogP contribution in [-0.4, -0.2) is 0 Å². The summed E-state index contributed by atoms with van der Waals surface area (Å²) in [5, 5.41) is 4.85. The van der Waals surface area contributed by atoms with E-state index in [1.54, 1.807) is 11.3 Å². The Morgan fingerprint density at radius 3 is 2.81 bits per heavy atom. The Bertz CT molecular complexity index is 473. The Morgan fingerprint density at radius 1 is 1.38 bits per heavy atom. The molecular formula is C11H10ClIN2S. The van der Waals surface area contributed by atoms with Gasteiger partial charge in [-0.25, -0.2) is 5.43 Å². The minimum atomic E-state index is -0.00292. The molecule has 5 heteroatoms. The monoisotopic (exact) mass is 364 g/mol. The van der Waals surface area contributed by atoms with Crippen molar-refractivity contribution in [3.8, 4) is 0 Å². The van der Waals surface area contributed by atoms with Crippen molar-refractivity contribution in [2.24, 2.45) is 5.84 Å². The fourth-order valence-corrected chi connectivity index (χ4v) is 3.05. The summed E-state index contributed by atoms with van der Waals surface area (Å²) in [7, 11) is 0. The number of thiophene rings is 1. The van der Waals surface area contributed by atoms with E-state index in [1.807, 2.05) is 23.6 Å². The number of hydrogen-bond donors (Lipinski definition) is 2. The highest BCUT2D eigenvalue weighted by atomic mass is 127. The molecule has 0 bridgehead atoms. The molecule has 1 unspecified atom stereocenters. The van der Waals surface area contributed by atoms with E-state index in [-0.39, 0.29) is 6.04 Å². The van der Waals surface area contributed by atoms with Crippen LogP contribution in [0.25, 0.3) is 0 Å². The van der Waals surface area contributed by atoms with Crippen molar-refractivity contribution in [1.29, 1.82) is 0 Å². The number of hydrazine groups is 1. The summed E-state index contributed by atoms with van der Waals surface area (Å²) >= 11 is 9.96. The van der Waals surface area contributed by atoms with E-state index in [0.717, 1.165) is 19.7 Å². The topological polar surface area (TPSA) is 38.0 Å². The highest BCUT2D eigenvalue weighted by Crippen LogP contribution is 2.29. The van der Waals surface area contributed by atoms with E-state index in [0.29, 0.717) is 0 Å². The lowest BCUT2D eigenvalue weighted by molar-refractivity contribution is 0.636. The van der Waals surface area contributed by atoms with Crippen LogP contribution in [-0.2, 0) is 0 Å². The molecule has 0 amide bonds. The SMILES string of the molecule is NNC(c1ccsc1)c1cc(Cl)ccc1I. The zero-order valence-corrected chi connectivity index (χ0v) is 12.0. The van der Waals surface area contributed by atoms with Gasteiger partial charge < -0.3 is 0 Å². The molecule has 1 atom stereocenters. The smallest absolute Gasteiger partial charge is 0.0728 e. The molecule has 0 aliphatic carbocycles. The number of nitrogens with one attached hydrogen (secondary N) is 1. The van der Waals surface area contributed by atoms with Gasteiger partial charge in [0.25, 0.3) is 0 Å². The molecule has 1 aromatic carbocycles. The Hall–Kier alpha value is -0.140. The number of rotatable bonds is 3. The van der Waals surface area contributed by atoms with Gasteiger partial charge in [-0.1, -0.05) is 11.6 Å². The van der Waals surface area contributed by atoms with Crippen LogP contribution in [0.3, 0.4) is 0 Å². The molecular weight excluding hydrogens is 355 g/mol. The molecule has 0 saturated carbocycles. The zero-order valence-electron chi connectivity index (χ0n) is 8.28. The van der Waals surface area contributed by atoms with Crippen molar-refractivity contribution in [3.05, 3.63) is 54.7 Å². The number of nitrogens with two attached hydrogens (primary N) is 1. The van der Waals surface area contributed by atoms with Crippen molar-refractivity contribution < 1.29 is 0 Å². The van der Waals surface area contributed by atoms with E-state index < -0.39 is 0 Å². The Morgan fingerprint density at radius 2 is 2.19 bits per heavy atom. The fraction of sp³-hybridized carbons (Fsp3) is 0.0909. The quantitative estimate of drug-likeness (QED) is 0.496. The minimum absolute atomic E-state index is 0.00292. The maximum Gasteiger partial charge on any atom is 0.0728 e. The lowest BCUT2D eigenvalue weighted by atomic mass is 10.0. The first-order valence-electron chi connectivity index (χ1n) is 4.65. The predicted molar refractivity (Wildman–Crippen MR) is 77.7 cm³/mol. The zero-order chi connectivity index (χ0) is 11.5. The van der Waals surface area contributed by atoms with Gasteiger partial charge in [-0.05, 0) is 68.7 Å². The van der Waals surface area contributed by atoms with Crippen LogP contribution in [0.2, 0.25) is 5.02 Å². The highest BCUT2D eigenvalue weighted by molar-refractivity contribution is 14.1. The second-order valence-corrected chi connectivity index (χ2v) is 5.70. The van der Waals surface area contributed by atoms with Gasteiger partial charge in [0.1, 0.15) is 0 Å². The van der Waals surface area contributed by atoms with Crippen LogP contribution in [0.1, 0.15) is 17.2 Å². The Balaban J connectivity index is 2.44. The van der Waals surface area contributed by atoms with Gasteiger partial charge in [0.15, 0.2) is 0 Å². The molecule has 2 rings (SSSR count). The van der Waals surface area contributed by atoms with Crippen LogP contribution < -0.4 is 11.3 Å². The van der Waals surface area contributed by atoms with Gasteiger partial charge in [-0.2, -0.15) is 11.3 Å². The fourth-order valence-electron chi connectivity index (χ4n) is 1.54. The van der Waals surface area contributed by atoms with E-state index >= 15 is 0 Å². The maximum atomic E-state index is 6.01. The Labute approximate surface area is 117 Å². The van der Waals surface area contributed by atoms with Crippen molar-refractivity contribution in [3.63, 3.8) is 0 Å². The van der Waals surface area contributed by atoms with Crippen LogP contribution in [0.5, 0.6) is 0 Å². The molecule has 2 aromatic rings. The van der Waals surface area contributed by atoms with Gasteiger partial charge in [0.2, 0.25) is 0 Å². The molecule has 0 saturated heterocycles. The standard InChI is InChI=1S/C11H10ClIN2S/c12-8-1-2-10(13)9(5-8)11(15-14)7-3-4-16-6-7/h1-6,11,15H,14H2. The number of benzene rings is 1. The van der Waals surface area contributed by atoms with E-state index in [1.165, 1.54) is 0 Å². The van der Waals surface area contributed by atoms with Gasteiger partial charge in [-0.3, -0.25) is 5.84 Å². The van der Waals surface area contributed by atoms with Crippen molar-refractivity contribution in [1.82, 2.24) is 5.43 Å². The lowest BCUT2D eigenvalue weighted by Crippen LogP contribution is -2.29. The first-order valence-corrected chi connectivity index (χ1v) is 7.05. The summed E-state index contributed by atoms with van der Waals surface area (Å²) in [6.45, 7) is 0. The van der Waals surface area contributed by atoms with Gasteiger partial charge in [0, 0.05) is 8.59 Å². The molecule has 1 heterocycles. The van der Waals surface area contributed by atoms with E-state index in [2.05, 4.69) is 39.5 Å². The van der Waals surface area contributed by atoms with Gasteiger partial charge >= 0.3 is 0 Å². The van der Waals surface area contributed by atoms with E-state index in [9.17, 15) is 0 Å². The summed E-state index contributed by atoms with van der Waals surface area (Å²) in [5.74, 6) is 5.62.